The molecule has 10 nitrogen and oxygen atoms in total. The molecule has 0 aromatic heterocycles. The van der Waals surface area contributed by atoms with Crippen molar-refractivity contribution in [3.8, 4) is 0 Å². The zero-order valence-corrected chi connectivity index (χ0v) is 15.0. The molecule has 0 radical (unpaired) electrons. The molecule has 10 heteroatoms. The molecule has 0 aromatic rings. The van der Waals surface area contributed by atoms with Crippen molar-refractivity contribution < 1.29 is 49.3 Å². The van der Waals surface area contributed by atoms with Gasteiger partial charge in [-0.15, -0.1) is 0 Å². The van der Waals surface area contributed by atoms with Crippen molar-refractivity contribution in [3.63, 3.8) is 0 Å². The number of carbonyl (C=O) groups excluding carboxylic acids is 1. The number of aliphatic hydroxyl groups is 5. The average Bonchev–Trinajstić information content (AvgIpc) is 2.96. The molecule has 2 fully saturated rings. The van der Waals surface area contributed by atoms with Crippen LogP contribution in [0, 0.1) is 17.8 Å². The topological polar surface area (TPSA) is 155 Å². The third-order valence-electron chi connectivity index (χ3n) is 5.64. The number of fused-ring (bicyclic) bond motifs is 1. The molecule has 2 aliphatic heterocycles. The summed E-state index contributed by atoms with van der Waals surface area (Å²) >= 11 is 0. The molecule has 1 aliphatic carbocycles. The smallest absolute Gasteiger partial charge is 0.337 e. The number of esters is 1. The molecular weight excluding hydrogens is 364 g/mol. The van der Waals surface area contributed by atoms with Gasteiger partial charge in [-0.05, 0) is 12.3 Å². The highest BCUT2D eigenvalue weighted by Crippen LogP contribution is 2.47. The van der Waals surface area contributed by atoms with Gasteiger partial charge in [-0.1, -0.05) is 6.92 Å². The van der Waals surface area contributed by atoms with Gasteiger partial charge in [-0.25, -0.2) is 4.79 Å². The molecular formula is C17H26O10. The summed E-state index contributed by atoms with van der Waals surface area (Å²) in [7, 11) is 1.24. The number of methoxy groups -OCH3 is 1. The van der Waals surface area contributed by atoms with Gasteiger partial charge in [0.1, 0.15) is 24.4 Å². The molecule has 0 unspecified atom stereocenters. The van der Waals surface area contributed by atoms with Crippen molar-refractivity contribution in [2.75, 3.05) is 13.7 Å². The van der Waals surface area contributed by atoms with E-state index in [1.54, 1.807) is 0 Å². The second kappa shape index (κ2) is 8.00. The molecule has 27 heavy (non-hydrogen) atoms. The van der Waals surface area contributed by atoms with Crippen molar-refractivity contribution >= 4 is 5.97 Å². The second-order valence-corrected chi connectivity index (χ2v) is 7.29. The summed E-state index contributed by atoms with van der Waals surface area (Å²) in [6.45, 7) is 1.30. The molecule has 2 heterocycles. The summed E-state index contributed by atoms with van der Waals surface area (Å²) in [6.07, 6.45) is -7.31. The maximum Gasteiger partial charge on any atom is 0.337 e. The molecule has 0 bridgehead atoms. The van der Waals surface area contributed by atoms with E-state index in [1.165, 1.54) is 13.4 Å². The summed E-state index contributed by atoms with van der Waals surface area (Å²) in [6, 6.07) is 0. The molecule has 1 saturated heterocycles. The molecule has 1 saturated carbocycles. The summed E-state index contributed by atoms with van der Waals surface area (Å²) in [4.78, 5) is 12.0. The minimum absolute atomic E-state index is 0.0757. The van der Waals surface area contributed by atoms with Gasteiger partial charge in [-0.3, -0.25) is 0 Å². The van der Waals surface area contributed by atoms with Gasteiger partial charge in [-0.2, -0.15) is 0 Å². The van der Waals surface area contributed by atoms with Crippen LogP contribution < -0.4 is 0 Å². The van der Waals surface area contributed by atoms with Crippen molar-refractivity contribution in [1.29, 1.82) is 0 Å². The number of aliphatic hydroxyl groups excluding tert-OH is 5. The monoisotopic (exact) mass is 390 g/mol. The van der Waals surface area contributed by atoms with Gasteiger partial charge in [0.2, 0.25) is 6.29 Å². The Bertz CT molecular complexity index is 578. The largest absolute Gasteiger partial charge is 0.472 e. The highest BCUT2D eigenvalue weighted by molar-refractivity contribution is 5.89. The van der Waals surface area contributed by atoms with E-state index in [0.29, 0.717) is 6.42 Å². The first-order chi connectivity index (χ1) is 12.8. The fourth-order valence-electron chi connectivity index (χ4n) is 4.19. The normalized spacial score (nSPS) is 47.0. The minimum Gasteiger partial charge on any atom is -0.472 e. The lowest BCUT2D eigenvalue weighted by molar-refractivity contribution is -0.342. The summed E-state index contributed by atoms with van der Waals surface area (Å²) in [5.41, 5.74) is 0.202. The predicted molar refractivity (Wildman–Crippen MR) is 86.6 cm³/mol. The molecule has 3 rings (SSSR count). The SMILES string of the molecule is COC(=O)C1=CO[C@@H](O[C@@H]2O[C@H](CO)[C@@H](O)[C@H](O)[C@H]2O)[C@H]2[C@H]1[C@@H](O)C[C@H]2C. The van der Waals surface area contributed by atoms with E-state index in [-0.39, 0.29) is 11.5 Å². The average molecular weight is 390 g/mol. The van der Waals surface area contributed by atoms with Gasteiger partial charge in [0.05, 0.1) is 31.7 Å². The van der Waals surface area contributed by atoms with Crippen LogP contribution in [0.15, 0.2) is 11.8 Å². The lowest BCUT2D eigenvalue weighted by atomic mass is 9.82. The van der Waals surface area contributed by atoms with Crippen LogP contribution in [-0.4, -0.2) is 88.3 Å². The predicted octanol–water partition coefficient (Wildman–Crippen LogP) is -2.15. The van der Waals surface area contributed by atoms with Gasteiger partial charge < -0.3 is 44.5 Å². The Morgan fingerprint density at radius 3 is 2.52 bits per heavy atom. The second-order valence-electron chi connectivity index (χ2n) is 7.29. The first-order valence-electron chi connectivity index (χ1n) is 8.88. The number of hydrogen-bond donors (Lipinski definition) is 5. The number of hydrogen-bond acceptors (Lipinski definition) is 10. The van der Waals surface area contributed by atoms with Crippen LogP contribution in [0.1, 0.15) is 13.3 Å². The maximum atomic E-state index is 12.0. The molecule has 0 amide bonds. The Balaban J connectivity index is 1.80. The van der Waals surface area contributed by atoms with E-state index < -0.39 is 67.5 Å². The number of ether oxygens (including phenoxy) is 4. The van der Waals surface area contributed by atoms with Crippen LogP contribution in [-0.2, 0) is 23.7 Å². The van der Waals surface area contributed by atoms with Crippen molar-refractivity contribution in [3.05, 3.63) is 11.8 Å². The van der Waals surface area contributed by atoms with Gasteiger partial charge in [0, 0.05) is 11.8 Å². The standard InChI is InChI=1S/C17H26O10/c1-6-3-8(19)11-7(15(23)24-2)5-25-16(10(6)11)27-17-14(22)13(21)12(20)9(4-18)26-17/h5-6,8-14,16-22H,3-4H2,1-2H3/t6-,8+,9-,10-,11-,12-,13+,14-,16+,17+/m1/s1. The van der Waals surface area contributed by atoms with Crippen LogP contribution in [0.25, 0.3) is 0 Å². The summed E-state index contributed by atoms with van der Waals surface area (Å²) < 4.78 is 21.3. The highest BCUT2D eigenvalue weighted by atomic mass is 16.8. The quantitative estimate of drug-likeness (QED) is 0.336. The molecule has 5 N–H and O–H groups in total. The number of carbonyl (C=O) groups is 1. The van der Waals surface area contributed by atoms with Crippen LogP contribution in [0.2, 0.25) is 0 Å². The van der Waals surface area contributed by atoms with E-state index in [1.807, 2.05) is 6.92 Å². The van der Waals surface area contributed by atoms with Gasteiger partial charge in [0.15, 0.2) is 6.29 Å². The third kappa shape index (κ3) is 3.58. The molecule has 0 aromatic carbocycles. The van der Waals surface area contributed by atoms with E-state index >= 15 is 0 Å². The first-order valence-corrected chi connectivity index (χ1v) is 8.88. The minimum atomic E-state index is -1.58. The Morgan fingerprint density at radius 1 is 1.19 bits per heavy atom. The first kappa shape index (κ1) is 20.5. The molecule has 154 valence electrons. The maximum absolute atomic E-state index is 12.0. The fraction of sp³-hybridized carbons (Fsp3) is 0.824. The third-order valence-corrected chi connectivity index (χ3v) is 5.64. The van der Waals surface area contributed by atoms with E-state index in [4.69, 9.17) is 18.9 Å². The highest BCUT2D eigenvalue weighted by Gasteiger charge is 2.53. The van der Waals surface area contributed by atoms with E-state index in [0.717, 1.165) is 0 Å². The molecule has 3 aliphatic rings. The summed E-state index contributed by atoms with van der Waals surface area (Å²) in [5, 5.41) is 49.6. The van der Waals surface area contributed by atoms with Crippen molar-refractivity contribution in [1.82, 2.24) is 0 Å². The van der Waals surface area contributed by atoms with Crippen LogP contribution >= 0.6 is 0 Å². The molecule has 0 spiro atoms. The van der Waals surface area contributed by atoms with Crippen LogP contribution in [0.5, 0.6) is 0 Å². The van der Waals surface area contributed by atoms with Crippen LogP contribution in [0.3, 0.4) is 0 Å². The zero-order chi connectivity index (χ0) is 19.9. The Morgan fingerprint density at radius 2 is 1.89 bits per heavy atom. The Labute approximate surface area is 155 Å². The zero-order valence-electron chi connectivity index (χ0n) is 15.0. The van der Waals surface area contributed by atoms with Gasteiger partial charge >= 0.3 is 5.97 Å². The Hall–Kier alpha value is -1.27. The van der Waals surface area contributed by atoms with E-state index in [2.05, 4.69) is 0 Å². The van der Waals surface area contributed by atoms with E-state index in [9.17, 15) is 30.3 Å². The lowest BCUT2D eigenvalue weighted by Crippen LogP contribution is -2.60. The van der Waals surface area contributed by atoms with Crippen LogP contribution in [0.4, 0.5) is 0 Å². The lowest BCUT2D eigenvalue weighted by Gasteiger charge is -2.43. The fourth-order valence-corrected chi connectivity index (χ4v) is 4.19. The molecule has 10 atom stereocenters. The van der Waals surface area contributed by atoms with Crippen molar-refractivity contribution in [2.45, 2.75) is 56.4 Å². The Kier molecular flexibility index (Phi) is 6.06. The number of rotatable bonds is 4. The summed E-state index contributed by atoms with van der Waals surface area (Å²) in [5.74, 6) is -1.68. The van der Waals surface area contributed by atoms with Crippen molar-refractivity contribution in [2.24, 2.45) is 17.8 Å². The van der Waals surface area contributed by atoms with Gasteiger partial charge in [0.25, 0.3) is 0 Å².